The summed E-state index contributed by atoms with van der Waals surface area (Å²) in [6, 6.07) is 3.93. The van der Waals surface area contributed by atoms with Gasteiger partial charge in [0, 0.05) is 26.9 Å². The molecule has 1 N–H and O–H groups in total. The Morgan fingerprint density at radius 3 is 2.88 bits per heavy atom. The average Bonchev–Trinajstić information content (AvgIpc) is 3.35. The number of nitrogens with zero attached hydrogens (tertiary/aromatic N) is 3. The lowest BCUT2D eigenvalue weighted by atomic mass is 10.2. The van der Waals surface area contributed by atoms with Crippen LogP contribution < -0.4 is 10.9 Å². The number of thiazole rings is 1. The van der Waals surface area contributed by atoms with Crippen molar-refractivity contribution >= 4 is 50.1 Å². The lowest BCUT2D eigenvalue weighted by Crippen LogP contribution is -2.32. The highest BCUT2D eigenvalue weighted by molar-refractivity contribution is 7.18. The van der Waals surface area contributed by atoms with Gasteiger partial charge >= 0.3 is 0 Å². The van der Waals surface area contributed by atoms with E-state index in [9.17, 15) is 9.59 Å². The SMILES string of the molecule is Cc1csc(CNC(=O)Cn2cnc3scc(-c4cccs4)c3c2=O)n1. The third-order valence-electron chi connectivity index (χ3n) is 3.76. The first-order chi connectivity index (χ1) is 12.6. The number of fused-ring (bicyclic) bond motifs is 1. The molecule has 132 valence electrons. The maximum Gasteiger partial charge on any atom is 0.263 e. The number of hydrogen-bond acceptors (Lipinski definition) is 7. The van der Waals surface area contributed by atoms with Crippen LogP contribution in [-0.2, 0) is 17.9 Å². The van der Waals surface area contributed by atoms with Gasteiger partial charge in [0.15, 0.2) is 0 Å². The smallest absolute Gasteiger partial charge is 0.263 e. The van der Waals surface area contributed by atoms with Gasteiger partial charge in [0.1, 0.15) is 16.4 Å². The summed E-state index contributed by atoms with van der Waals surface area (Å²) >= 11 is 4.52. The molecule has 1 amide bonds. The second kappa shape index (κ2) is 7.10. The van der Waals surface area contributed by atoms with E-state index in [1.165, 1.54) is 33.6 Å². The summed E-state index contributed by atoms with van der Waals surface area (Å²) < 4.78 is 1.36. The molecule has 0 aliphatic carbocycles. The van der Waals surface area contributed by atoms with Crippen LogP contribution in [0.4, 0.5) is 0 Å². The monoisotopic (exact) mass is 402 g/mol. The van der Waals surface area contributed by atoms with Crippen LogP contribution >= 0.6 is 34.0 Å². The molecule has 9 heteroatoms. The highest BCUT2D eigenvalue weighted by Crippen LogP contribution is 2.33. The number of thiophene rings is 2. The third-order valence-corrected chi connectivity index (χ3v) is 6.52. The van der Waals surface area contributed by atoms with Gasteiger partial charge in [-0.05, 0) is 18.4 Å². The van der Waals surface area contributed by atoms with Gasteiger partial charge in [-0.1, -0.05) is 6.07 Å². The quantitative estimate of drug-likeness (QED) is 0.556. The third kappa shape index (κ3) is 3.33. The molecule has 0 spiro atoms. The van der Waals surface area contributed by atoms with Crippen LogP contribution in [0.3, 0.4) is 0 Å². The maximum absolute atomic E-state index is 12.9. The standard InChI is InChI=1S/C17H14N4O2S3/c1-10-7-25-14(20-10)5-18-13(22)6-21-9-19-16-15(17(21)23)11(8-26-16)12-3-2-4-24-12/h2-4,7-9H,5-6H2,1H3,(H,18,22). The van der Waals surface area contributed by atoms with Crippen molar-refractivity contribution in [3.05, 3.63) is 55.7 Å². The van der Waals surface area contributed by atoms with Crippen LogP contribution in [0.1, 0.15) is 10.7 Å². The van der Waals surface area contributed by atoms with E-state index in [-0.39, 0.29) is 18.0 Å². The first-order valence-corrected chi connectivity index (χ1v) is 10.4. The van der Waals surface area contributed by atoms with Gasteiger partial charge in [-0.2, -0.15) is 0 Å². The van der Waals surface area contributed by atoms with Crippen LogP contribution in [-0.4, -0.2) is 20.4 Å². The Morgan fingerprint density at radius 1 is 1.27 bits per heavy atom. The predicted molar refractivity (Wildman–Crippen MR) is 106 cm³/mol. The fourth-order valence-corrected chi connectivity index (χ4v) is 4.99. The number of rotatable bonds is 5. The number of nitrogens with one attached hydrogen (secondary N) is 1. The zero-order valence-corrected chi connectivity index (χ0v) is 16.2. The molecular weight excluding hydrogens is 388 g/mol. The Labute approximate surface area is 160 Å². The van der Waals surface area contributed by atoms with Crippen molar-refractivity contribution in [1.29, 1.82) is 0 Å². The van der Waals surface area contributed by atoms with Gasteiger partial charge in [-0.25, -0.2) is 9.97 Å². The van der Waals surface area contributed by atoms with Crippen molar-refractivity contribution in [3.63, 3.8) is 0 Å². The number of hydrogen-bond donors (Lipinski definition) is 1. The van der Waals surface area contributed by atoms with Crippen molar-refractivity contribution in [2.24, 2.45) is 0 Å². The van der Waals surface area contributed by atoms with E-state index in [1.807, 2.05) is 35.2 Å². The van der Waals surface area contributed by atoms with Gasteiger partial charge in [0.05, 0.1) is 18.3 Å². The zero-order chi connectivity index (χ0) is 18.1. The molecule has 0 aliphatic rings. The van der Waals surface area contributed by atoms with Crippen LogP contribution in [0.25, 0.3) is 20.7 Å². The molecule has 26 heavy (non-hydrogen) atoms. The first-order valence-electron chi connectivity index (χ1n) is 7.80. The maximum atomic E-state index is 12.9. The van der Waals surface area contributed by atoms with Gasteiger partial charge in [-0.3, -0.25) is 14.2 Å². The van der Waals surface area contributed by atoms with Crippen LogP contribution in [0.2, 0.25) is 0 Å². The molecule has 4 rings (SSSR count). The van der Waals surface area contributed by atoms with Crippen molar-refractivity contribution in [1.82, 2.24) is 19.9 Å². The molecule has 0 aliphatic heterocycles. The Bertz CT molecular complexity index is 1120. The Kier molecular flexibility index (Phi) is 4.66. The lowest BCUT2D eigenvalue weighted by Gasteiger charge is -2.06. The van der Waals surface area contributed by atoms with Crippen LogP contribution in [0.5, 0.6) is 0 Å². The Morgan fingerprint density at radius 2 is 2.15 bits per heavy atom. The summed E-state index contributed by atoms with van der Waals surface area (Å²) in [5.74, 6) is -0.242. The molecular formula is C17H14N4O2S3. The molecule has 0 unspecified atom stereocenters. The minimum absolute atomic E-state index is 0.0636. The highest BCUT2D eigenvalue weighted by Gasteiger charge is 2.15. The first kappa shape index (κ1) is 17.1. The van der Waals surface area contributed by atoms with E-state index >= 15 is 0 Å². The molecule has 0 saturated heterocycles. The number of carbonyl (C=O) groups is 1. The minimum Gasteiger partial charge on any atom is -0.348 e. The van der Waals surface area contributed by atoms with Crippen molar-refractivity contribution in [2.45, 2.75) is 20.0 Å². The molecule has 0 radical (unpaired) electrons. The van der Waals surface area contributed by atoms with E-state index in [0.717, 1.165) is 21.1 Å². The Balaban J connectivity index is 1.57. The van der Waals surface area contributed by atoms with E-state index in [1.54, 1.807) is 11.3 Å². The molecule has 4 heterocycles. The summed E-state index contributed by atoms with van der Waals surface area (Å²) in [7, 11) is 0. The van der Waals surface area contributed by atoms with Gasteiger partial charge in [0.2, 0.25) is 5.91 Å². The normalized spacial score (nSPS) is 11.1. The number of amides is 1. The van der Waals surface area contributed by atoms with E-state index < -0.39 is 0 Å². The van der Waals surface area contributed by atoms with Crippen molar-refractivity contribution < 1.29 is 4.79 Å². The van der Waals surface area contributed by atoms with Gasteiger partial charge < -0.3 is 5.32 Å². The average molecular weight is 403 g/mol. The Hall–Kier alpha value is -2.36. The van der Waals surface area contributed by atoms with Crippen LogP contribution in [0.15, 0.2) is 39.4 Å². The summed E-state index contributed by atoms with van der Waals surface area (Å²) in [5.41, 5.74) is 1.62. The van der Waals surface area contributed by atoms with E-state index in [2.05, 4.69) is 15.3 Å². The zero-order valence-electron chi connectivity index (χ0n) is 13.8. The molecule has 0 fully saturated rings. The predicted octanol–water partition coefficient (Wildman–Crippen LogP) is 3.27. The van der Waals surface area contributed by atoms with Crippen LogP contribution in [0, 0.1) is 6.92 Å². The van der Waals surface area contributed by atoms with Crippen molar-refractivity contribution in [3.8, 4) is 10.4 Å². The largest absolute Gasteiger partial charge is 0.348 e. The molecule has 0 aromatic carbocycles. The second-order valence-corrected chi connectivity index (χ2v) is 8.39. The number of aryl methyl sites for hydroxylation is 1. The molecule has 0 atom stereocenters. The molecule has 0 bridgehead atoms. The molecule has 0 saturated carbocycles. The summed E-state index contributed by atoms with van der Waals surface area (Å²) in [6.45, 7) is 2.21. The minimum atomic E-state index is -0.242. The summed E-state index contributed by atoms with van der Waals surface area (Å²) in [4.78, 5) is 35.4. The van der Waals surface area contributed by atoms with E-state index in [4.69, 9.17) is 0 Å². The number of carbonyl (C=O) groups excluding carboxylic acids is 1. The second-order valence-electron chi connectivity index (χ2n) is 5.64. The van der Waals surface area contributed by atoms with Gasteiger partial charge in [0.25, 0.3) is 5.56 Å². The molecule has 4 aromatic heterocycles. The highest BCUT2D eigenvalue weighted by atomic mass is 32.1. The fourth-order valence-electron chi connectivity index (χ4n) is 2.56. The van der Waals surface area contributed by atoms with E-state index in [0.29, 0.717) is 16.8 Å². The number of aromatic nitrogens is 3. The molecule has 6 nitrogen and oxygen atoms in total. The summed E-state index contributed by atoms with van der Waals surface area (Å²) in [5, 5.41) is 10.1. The fraction of sp³-hybridized carbons (Fsp3) is 0.176. The summed E-state index contributed by atoms with van der Waals surface area (Å²) in [6.07, 6.45) is 1.44. The lowest BCUT2D eigenvalue weighted by molar-refractivity contribution is -0.121. The topological polar surface area (TPSA) is 76.9 Å². The molecule has 4 aromatic rings. The van der Waals surface area contributed by atoms with Gasteiger partial charge in [-0.15, -0.1) is 34.0 Å². The van der Waals surface area contributed by atoms with Crippen molar-refractivity contribution in [2.75, 3.05) is 0 Å².